The van der Waals surface area contributed by atoms with Crippen LogP contribution in [0.5, 0.6) is 0 Å². The van der Waals surface area contributed by atoms with Crippen LogP contribution in [0, 0.1) is 5.92 Å². The molecule has 2 nitrogen and oxygen atoms in total. The monoisotopic (exact) mass is 278 g/mol. The minimum atomic E-state index is -0.740. The van der Waals surface area contributed by atoms with Crippen LogP contribution in [0.3, 0.4) is 0 Å². The Morgan fingerprint density at radius 1 is 1.10 bits per heavy atom. The van der Waals surface area contributed by atoms with Crippen molar-refractivity contribution in [1.29, 1.82) is 0 Å². The van der Waals surface area contributed by atoms with Crippen molar-refractivity contribution in [2.24, 2.45) is 5.92 Å². The van der Waals surface area contributed by atoms with Gasteiger partial charge in [0.25, 0.3) is 0 Å². The lowest BCUT2D eigenvalue weighted by molar-refractivity contribution is -0.133. The van der Waals surface area contributed by atoms with Gasteiger partial charge in [0.1, 0.15) is 0 Å². The molecule has 2 heteroatoms. The van der Waals surface area contributed by atoms with E-state index in [1.54, 1.807) is 6.08 Å². The molecule has 0 aromatic heterocycles. The standard InChI is InChI=1S/C18H30O2/c1-2-3-4-5-6-7-8-9-10-13-16-14-11-12-15-17(16)18(19)20/h11-12,15-16H,2-10,13-14H2,1H3,(H,19,20). The third-order valence-corrected chi connectivity index (χ3v) is 4.18. The molecule has 0 fully saturated rings. The van der Waals surface area contributed by atoms with Crippen molar-refractivity contribution in [2.45, 2.75) is 77.6 Å². The number of carboxylic acids is 1. The quantitative estimate of drug-likeness (QED) is 0.507. The fourth-order valence-corrected chi connectivity index (χ4v) is 2.90. The molecule has 0 aromatic rings. The Bertz CT molecular complexity index is 328. The Morgan fingerprint density at radius 3 is 2.30 bits per heavy atom. The van der Waals surface area contributed by atoms with E-state index in [0.29, 0.717) is 5.57 Å². The molecule has 1 N–H and O–H groups in total. The number of hydrogen-bond donors (Lipinski definition) is 1. The number of hydrogen-bond acceptors (Lipinski definition) is 1. The molecule has 114 valence electrons. The van der Waals surface area contributed by atoms with E-state index in [9.17, 15) is 4.79 Å². The maximum Gasteiger partial charge on any atom is 0.331 e. The molecule has 0 saturated carbocycles. The molecule has 1 unspecified atom stereocenters. The molecular formula is C18H30O2. The van der Waals surface area contributed by atoms with E-state index in [4.69, 9.17) is 5.11 Å². The summed E-state index contributed by atoms with van der Waals surface area (Å²) in [5.41, 5.74) is 0.604. The second kappa shape index (κ2) is 10.7. The highest BCUT2D eigenvalue weighted by atomic mass is 16.4. The smallest absolute Gasteiger partial charge is 0.331 e. The van der Waals surface area contributed by atoms with Gasteiger partial charge in [0.05, 0.1) is 0 Å². The van der Waals surface area contributed by atoms with Gasteiger partial charge in [-0.15, -0.1) is 0 Å². The summed E-state index contributed by atoms with van der Waals surface area (Å²) in [6, 6.07) is 0. The van der Waals surface area contributed by atoms with E-state index >= 15 is 0 Å². The highest BCUT2D eigenvalue weighted by molar-refractivity contribution is 5.87. The van der Waals surface area contributed by atoms with E-state index in [-0.39, 0.29) is 5.92 Å². The molecule has 1 aliphatic rings. The van der Waals surface area contributed by atoms with Gasteiger partial charge >= 0.3 is 5.97 Å². The predicted octanol–water partition coefficient (Wildman–Crippen LogP) is 5.49. The van der Waals surface area contributed by atoms with Crippen LogP contribution in [0.25, 0.3) is 0 Å². The SMILES string of the molecule is CCCCCCCCCCCC1CC=CC=C1C(=O)O. The van der Waals surface area contributed by atoms with Crippen molar-refractivity contribution in [3.8, 4) is 0 Å². The molecule has 1 atom stereocenters. The maximum absolute atomic E-state index is 11.1. The van der Waals surface area contributed by atoms with Gasteiger partial charge in [-0.2, -0.15) is 0 Å². The number of unbranched alkanes of at least 4 members (excludes halogenated alkanes) is 8. The van der Waals surface area contributed by atoms with E-state index in [2.05, 4.69) is 13.0 Å². The molecule has 0 aliphatic heterocycles. The van der Waals surface area contributed by atoms with Gasteiger partial charge in [0, 0.05) is 5.57 Å². The van der Waals surface area contributed by atoms with Crippen molar-refractivity contribution < 1.29 is 9.90 Å². The minimum absolute atomic E-state index is 0.238. The van der Waals surface area contributed by atoms with E-state index in [1.807, 2.05) is 6.08 Å². The zero-order valence-electron chi connectivity index (χ0n) is 12.9. The van der Waals surface area contributed by atoms with E-state index < -0.39 is 5.97 Å². The Kier molecular flexibility index (Phi) is 9.10. The molecule has 0 amide bonds. The lowest BCUT2D eigenvalue weighted by atomic mass is 9.87. The zero-order valence-corrected chi connectivity index (χ0v) is 12.9. The first-order valence-corrected chi connectivity index (χ1v) is 8.35. The van der Waals surface area contributed by atoms with Gasteiger partial charge in [-0.25, -0.2) is 4.79 Å². The van der Waals surface area contributed by atoms with Crippen LogP contribution >= 0.6 is 0 Å². The number of aliphatic carboxylic acids is 1. The molecule has 0 radical (unpaired) electrons. The van der Waals surface area contributed by atoms with Crippen LogP contribution in [0.4, 0.5) is 0 Å². The van der Waals surface area contributed by atoms with Gasteiger partial charge in [-0.3, -0.25) is 0 Å². The maximum atomic E-state index is 11.1. The van der Waals surface area contributed by atoms with Crippen LogP contribution in [-0.4, -0.2) is 11.1 Å². The summed E-state index contributed by atoms with van der Waals surface area (Å²) < 4.78 is 0. The Morgan fingerprint density at radius 2 is 1.70 bits per heavy atom. The Labute approximate surface area is 124 Å². The summed E-state index contributed by atoms with van der Waals surface area (Å²) in [5.74, 6) is -0.502. The molecule has 1 rings (SSSR count). The van der Waals surface area contributed by atoms with Crippen molar-refractivity contribution in [1.82, 2.24) is 0 Å². The van der Waals surface area contributed by atoms with Crippen molar-refractivity contribution in [2.75, 3.05) is 0 Å². The van der Waals surface area contributed by atoms with Crippen LogP contribution in [0.15, 0.2) is 23.8 Å². The van der Waals surface area contributed by atoms with Gasteiger partial charge in [0.2, 0.25) is 0 Å². The number of carboxylic acid groups (broad SMARTS) is 1. The van der Waals surface area contributed by atoms with Gasteiger partial charge in [-0.05, 0) is 18.8 Å². The van der Waals surface area contributed by atoms with E-state index in [0.717, 1.165) is 19.3 Å². The summed E-state index contributed by atoms with van der Waals surface area (Å²) in [6.45, 7) is 2.25. The Balaban J connectivity index is 2.02. The third-order valence-electron chi connectivity index (χ3n) is 4.18. The van der Waals surface area contributed by atoms with Crippen LogP contribution in [-0.2, 0) is 4.79 Å². The summed E-state index contributed by atoms with van der Waals surface area (Å²) in [5, 5.41) is 9.15. The van der Waals surface area contributed by atoms with Crippen LogP contribution in [0.2, 0.25) is 0 Å². The highest BCUT2D eigenvalue weighted by Gasteiger charge is 2.20. The highest BCUT2D eigenvalue weighted by Crippen LogP contribution is 2.26. The summed E-state index contributed by atoms with van der Waals surface area (Å²) >= 11 is 0. The number of rotatable bonds is 11. The topological polar surface area (TPSA) is 37.3 Å². The second-order valence-corrected chi connectivity index (χ2v) is 5.91. The third kappa shape index (κ3) is 6.93. The van der Waals surface area contributed by atoms with E-state index in [1.165, 1.54) is 51.4 Å². The van der Waals surface area contributed by atoms with Crippen LogP contribution < -0.4 is 0 Å². The molecule has 0 aromatic carbocycles. The molecular weight excluding hydrogens is 248 g/mol. The largest absolute Gasteiger partial charge is 0.478 e. The average molecular weight is 278 g/mol. The summed E-state index contributed by atoms with van der Waals surface area (Å²) in [4.78, 5) is 11.1. The zero-order chi connectivity index (χ0) is 14.6. The fourth-order valence-electron chi connectivity index (χ4n) is 2.90. The molecule has 0 saturated heterocycles. The lowest BCUT2D eigenvalue weighted by Gasteiger charge is -2.18. The van der Waals surface area contributed by atoms with Gasteiger partial charge in [0.15, 0.2) is 0 Å². The number of allylic oxidation sites excluding steroid dienone is 3. The normalized spacial score (nSPS) is 18.1. The minimum Gasteiger partial charge on any atom is -0.478 e. The fraction of sp³-hybridized carbons (Fsp3) is 0.722. The average Bonchev–Trinajstić information content (AvgIpc) is 2.46. The van der Waals surface area contributed by atoms with Gasteiger partial charge in [-0.1, -0.05) is 82.9 Å². The van der Waals surface area contributed by atoms with Gasteiger partial charge < -0.3 is 5.11 Å². The van der Waals surface area contributed by atoms with Crippen molar-refractivity contribution >= 4 is 5.97 Å². The first-order chi connectivity index (χ1) is 9.75. The summed E-state index contributed by atoms with van der Waals surface area (Å²) in [6.07, 6.45) is 19.5. The van der Waals surface area contributed by atoms with Crippen molar-refractivity contribution in [3.63, 3.8) is 0 Å². The first kappa shape index (κ1) is 17.0. The Hall–Kier alpha value is -1.05. The van der Waals surface area contributed by atoms with Crippen molar-refractivity contribution in [3.05, 3.63) is 23.8 Å². The molecule has 0 bridgehead atoms. The molecule has 0 spiro atoms. The lowest BCUT2D eigenvalue weighted by Crippen LogP contribution is -2.14. The predicted molar refractivity (Wildman–Crippen MR) is 84.8 cm³/mol. The summed E-state index contributed by atoms with van der Waals surface area (Å²) in [7, 11) is 0. The first-order valence-electron chi connectivity index (χ1n) is 8.35. The second-order valence-electron chi connectivity index (χ2n) is 5.91. The molecule has 1 aliphatic carbocycles. The number of carbonyl (C=O) groups is 1. The van der Waals surface area contributed by atoms with Crippen LogP contribution in [0.1, 0.15) is 77.6 Å². The molecule has 20 heavy (non-hydrogen) atoms. The molecule has 0 heterocycles.